The molecule has 0 radical (unpaired) electrons. The summed E-state index contributed by atoms with van der Waals surface area (Å²) in [4.78, 5) is 2.39. The van der Waals surface area contributed by atoms with Gasteiger partial charge in [0.15, 0.2) is 0 Å². The number of hydrogen-bond donors (Lipinski definition) is 0. The average Bonchev–Trinajstić information content (AvgIpc) is 2.83. The minimum Gasteiger partial charge on any atom is -0.300 e. The molecule has 1 aliphatic rings. The van der Waals surface area contributed by atoms with E-state index < -0.39 is 9.84 Å². The number of alkyl halides is 1. The molecule has 0 amide bonds. The summed E-state index contributed by atoms with van der Waals surface area (Å²) in [6, 6.07) is 0.729. The van der Waals surface area contributed by atoms with Crippen molar-refractivity contribution in [2.24, 2.45) is 0 Å². The molecule has 0 saturated heterocycles. The molecule has 1 saturated carbocycles. The minimum absolute atomic E-state index is 0.318. The Morgan fingerprint density at radius 2 is 2.00 bits per heavy atom. The van der Waals surface area contributed by atoms with Gasteiger partial charge in [-0.15, -0.1) is 0 Å². The standard InChI is InChI=1S/C9H18BrNO2S/c1-14(12,13)8-2-6-11(7-5-10)9-3-4-9/h9H,2-8H2,1H3. The van der Waals surface area contributed by atoms with Gasteiger partial charge in [-0.1, -0.05) is 15.9 Å². The molecule has 1 fully saturated rings. The first-order valence-corrected chi connectivity index (χ1v) is 8.19. The smallest absolute Gasteiger partial charge is 0.147 e. The van der Waals surface area contributed by atoms with Crippen molar-refractivity contribution in [3.63, 3.8) is 0 Å². The first-order chi connectivity index (χ1) is 6.53. The summed E-state index contributed by atoms with van der Waals surface area (Å²) in [6.45, 7) is 1.96. The van der Waals surface area contributed by atoms with Gasteiger partial charge in [0.05, 0.1) is 5.75 Å². The topological polar surface area (TPSA) is 37.4 Å². The average molecular weight is 284 g/mol. The zero-order valence-electron chi connectivity index (χ0n) is 8.58. The van der Waals surface area contributed by atoms with Crippen LogP contribution in [0.25, 0.3) is 0 Å². The summed E-state index contributed by atoms with van der Waals surface area (Å²) < 4.78 is 21.9. The molecular formula is C9H18BrNO2S. The highest BCUT2D eigenvalue weighted by atomic mass is 79.9. The predicted molar refractivity (Wildman–Crippen MR) is 62.7 cm³/mol. The Labute approximate surface area is 94.9 Å². The predicted octanol–water partition coefficient (Wildman–Crippen LogP) is 1.28. The van der Waals surface area contributed by atoms with Crippen LogP contribution >= 0.6 is 15.9 Å². The summed E-state index contributed by atoms with van der Waals surface area (Å²) in [5, 5.41) is 0.975. The molecule has 0 aromatic rings. The van der Waals surface area contributed by atoms with Crippen molar-refractivity contribution in [3.05, 3.63) is 0 Å². The van der Waals surface area contributed by atoms with Crippen LogP contribution in [0.3, 0.4) is 0 Å². The maximum atomic E-state index is 10.9. The van der Waals surface area contributed by atoms with E-state index >= 15 is 0 Å². The molecule has 0 spiro atoms. The highest BCUT2D eigenvalue weighted by molar-refractivity contribution is 9.09. The van der Waals surface area contributed by atoms with Crippen molar-refractivity contribution in [3.8, 4) is 0 Å². The maximum Gasteiger partial charge on any atom is 0.147 e. The summed E-state index contributed by atoms with van der Waals surface area (Å²) in [5.41, 5.74) is 0. The quantitative estimate of drug-likeness (QED) is 0.661. The second kappa shape index (κ2) is 5.47. The lowest BCUT2D eigenvalue weighted by Crippen LogP contribution is -2.30. The highest BCUT2D eigenvalue weighted by Crippen LogP contribution is 2.26. The fourth-order valence-electron chi connectivity index (χ4n) is 1.56. The van der Waals surface area contributed by atoms with Gasteiger partial charge in [-0.3, -0.25) is 4.90 Å². The maximum absolute atomic E-state index is 10.9. The molecule has 5 heteroatoms. The second-order valence-electron chi connectivity index (χ2n) is 3.94. The van der Waals surface area contributed by atoms with Gasteiger partial charge in [-0.25, -0.2) is 8.42 Å². The molecule has 0 heterocycles. The molecule has 0 aromatic carbocycles. The fourth-order valence-corrected chi connectivity index (χ4v) is 2.66. The van der Waals surface area contributed by atoms with E-state index in [0.717, 1.165) is 30.9 Å². The van der Waals surface area contributed by atoms with Gasteiger partial charge in [0.2, 0.25) is 0 Å². The monoisotopic (exact) mass is 283 g/mol. The molecule has 0 aromatic heterocycles. The van der Waals surface area contributed by atoms with Crippen molar-refractivity contribution < 1.29 is 8.42 Å². The first kappa shape index (κ1) is 12.5. The van der Waals surface area contributed by atoms with Crippen molar-refractivity contribution in [1.82, 2.24) is 4.90 Å². The SMILES string of the molecule is CS(=O)(=O)CCCN(CCBr)C1CC1. The molecule has 14 heavy (non-hydrogen) atoms. The summed E-state index contributed by atoms with van der Waals surface area (Å²) in [5.74, 6) is 0.318. The molecule has 0 bridgehead atoms. The Bertz CT molecular complexity index is 262. The van der Waals surface area contributed by atoms with Crippen LogP contribution in [-0.2, 0) is 9.84 Å². The third-order valence-electron chi connectivity index (χ3n) is 2.40. The van der Waals surface area contributed by atoms with E-state index in [1.807, 2.05) is 0 Å². The van der Waals surface area contributed by atoms with Crippen LogP contribution in [0.15, 0.2) is 0 Å². The Morgan fingerprint density at radius 1 is 1.36 bits per heavy atom. The van der Waals surface area contributed by atoms with E-state index in [2.05, 4.69) is 20.8 Å². The lowest BCUT2D eigenvalue weighted by atomic mass is 10.4. The van der Waals surface area contributed by atoms with Crippen molar-refractivity contribution in [1.29, 1.82) is 0 Å². The first-order valence-electron chi connectivity index (χ1n) is 5.00. The second-order valence-corrected chi connectivity index (χ2v) is 6.99. The van der Waals surface area contributed by atoms with E-state index in [0.29, 0.717) is 5.75 Å². The molecule has 84 valence electrons. The number of halogens is 1. The Kier molecular flexibility index (Phi) is 4.87. The van der Waals surface area contributed by atoms with Gasteiger partial charge in [0.1, 0.15) is 9.84 Å². The lowest BCUT2D eigenvalue weighted by Gasteiger charge is -2.20. The summed E-state index contributed by atoms with van der Waals surface area (Å²) >= 11 is 3.42. The molecule has 1 rings (SSSR count). The molecule has 0 atom stereocenters. The van der Waals surface area contributed by atoms with Gasteiger partial charge in [0, 0.05) is 24.2 Å². The molecular weight excluding hydrogens is 266 g/mol. The minimum atomic E-state index is -2.78. The molecule has 1 aliphatic carbocycles. The van der Waals surface area contributed by atoms with E-state index in [9.17, 15) is 8.42 Å². The van der Waals surface area contributed by atoms with Crippen LogP contribution in [0.1, 0.15) is 19.3 Å². The van der Waals surface area contributed by atoms with Gasteiger partial charge >= 0.3 is 0 Å². The molecule has 3 nitrogen and oxygen atoms in total. The number of sulfone groups is 1. The number of rotatable bonds is 7. The third-order valence-corrected chi connectivity index (χ3v) is 3.78. The third kappa shape index (κ3) is 5.32. The van der Waals surface area contributed by atoms with E-state index in [1.165, 1.54) is 19.1 Å². The van der Waals surface area contributed by atoms with Gasteiger partial charge in [-0.2, -0.15) is 0 Å². The van der Waals surface area contributed by atoms with Crippen LogP contribution in [0.2, 0.25) is 0 Å². The largest absolute Gasteiger partial charge is 0.300 e. The van der Waals surface area contributed by atoms with E-state index in [1.54, 1.807) is 0 Å². The number of nitrogens with zero attached hydrogens (tertiary/aromatic N) is 1. The Balaban J connectivity index is 2.19. The van der Waals surface area contributed by atoms with E-state index in [-0.39, 0.29) is 0 Å². The van der Waals surface area contributed by atoms with Gasteiger partial charge in [-0.05, 0) is 25.8 Å². The van der Waals surface area contributed by atoms with Crippen LogP contribution in [0, 0.1) is 0 Å². The van der Waals surface area contributed by atoms with Gasteiger partial charge in [0.25, 0.3) is 0 Å². The molecule has 0 unspecified atom stereocenters. The Hall–Kier alpha value is 0.390. The van der Waals surface area contributed by atoms with Crippen LogP contribution < -0.4 is 0 Å². The van der Waals surface area contributed by atoms with Crippen molar-refractivity contribution >= 4 is 25.8 Å². The molecule has 0 N–H and O–H groups in total. The zero-order chi connectivity index (χ0) is 10.6. The van der Waals surface area contributed by atoms with E-state index in [4.69, 9.17) is 0 Å². The number of hydrogen-bond acceptors (Lipinski definition) is 3. The Morgan fingerprint density at radius 3 is 2.43 bits per heavy atom. The van der Waals surface area contributed by atoms with Crippen molar-refractivity contribution in [2.45, 2.75) is 25.3 Å². The van der Waals surface area contributed by atoms with Crippen LogP contribution in [0.4, 0.5) is 0 Å². The normalized spacial score (nSPS) is 17.6. The molecule has 0 aliphatic heterocycles. The fraction of sp³-hybridized carbons (Fsp3) is 1.00. The highest BCUT2D eigenvalue weighted by Gasteiger charge is 2.27. The summed E-state index contributed by atoms with van der Waals surface area (Å²) in [6.07, 6.45) is 4.64. The van der Waals surface area contributed by atoms with Crippen molar-refractivity contribution in [2.75, 3.05) is 30.4 Å². The summed E-state index contributed by atoms with van der Waals surface area (Å²) in [7, 11) is -2.78. The lowest BCUT2D eigenvalue weighted by molar-refractivity contribution is 0.282. The van der Waals surface area contributed by atoms with Gasteiger partial charge < -0.3 is 0 Å². The van der Waals surface area contributed by atoms with Crippen LogP contribution in [-0.4, -0.2) is 49.8 Å². The van der Waals surface area contributed by atoms with Crippen LogP contribution in [0.5, 0.6) is 0 Å². The zero-order valence-corrected chi connectivity index (χ0v) is 11.0.